The zero-order valence-electron chi connectivity index (χ0n) is 15.5. The first-order chi connectivity index (χ1) is 12.0. The lowest BCUT2D eigenvalue weighted by Crippen LogP contribution is -2.54. The second-order valence-corrected chi connectivity index (χ2v) is 6.36. The van der Waals surface area contributed by atoms with E-state index >= 15 is 0 Å². The van der Waals surface area contributed by atoms with E-state index in [1.54, 1.807) is 17.0 Å². The van der Waals surface area contributed by atoms with Gasteiger partial charge in [-0.25, -0.2) is 0 Å². The number of piperazine rings is 1. The van der Waals surface area contributed by atoms with Gasteiger partial charge in [0.1, 0.15) is 0 Å². The number of guanidine groups is 1. The molecule has 1 saturated heterocycles. The van der Waals surface area contributed by atoms with Crippen molar-refractivity contribution in [2.24, 2.45) is 4.99 Å². The predicted octanol–water partition coefficient (Wildman–Crippen LogP) is 1.55. The zero-order valence-corrected chi connectivity index (χ0v) is 15.5. The van der Waals surface area contributed by atoms with Gasteiger partial charge >= 0.3 is 0 Å². The van der Waals surface area contributed by atoms with Crippen LogP contribution in [-0.4, -0.2) is 71.6 Å². The summed E-state index contributed by atoms with van der Waals surface area (Å²) >= 11 is 0. The van der Waals surface area contributed by atoms with Crippen molar-refractivity contribution < 1.29 is 14.3 Å². The van der Waals surface area contributed by atoms with Crippen LogP contribution in [0.3, 0.4) is 0 Å². The van der Waals surface area contributed by atoms with Gasteiger partial charge in [-0.3, -0.25) is 9.79 Å². The summed E-state index contributed by atoms with van der Waals surface area (Å²) in [5.74, 6) is 1.11. The molecular weight excluding hydrogens is 320 g/mol. The van der Waals surface area contributed by atoms with Crippen molar-refractivity contribution in [2.75, 3.05) is 39.3 Å². The van der Waals surface area contributed by atoms with Gasteiger partial charge in [-0.15, -0.1) is 0 Å². The maximum absolute atomic E-state index is 12.3. The topological polar surface area (TPSA) is 81.3 Å². The van der Waals surface area contributed by atoms with Crippen LogP contribution in [0, 0.1) is 0 Å². The van der Waals surface area contributed by atoms with E-state index in [2.05, 4.69) is 15.2 Å². The first-order valence-corrected chi connectivity index (χ1v) is 9.11. The lowest BCUT2D eigenvalue weighted by Gasteiger charge is -2.36. The Kier molecular flexibility index (Phi) is 6.87. The van der Waals surface area contributed by atoms with Crippen molar-refractivity contribution in [3.63, 3.8) is 0 Å². The number of amides is 1. The fourth-order valence-electron chi connectivity index (χ4n) is 2.80. The molecule has 2 N–H and O–H groups in total. The lowest BCUT2D eigenvalue weighted by molar-refractivity contribution is 0.0414. The summed E-state index contributed by atoms with van der Waals surface area (Å²) in [6, 6.07) is 3.42. The van der Waals surface area contributed by atoms with Gasteiger partial charge in [-0.2, -0.15) is 0 Å². The van der Waals surface area contributed by atoms with Crippen LogP contribution in [0.25, 0.3) is 0 Å². The third kappa shape index (κ3) is 4.98. The maximum Gasteiger partial charge on any atom is 0.289 e. The van der Waals surface area contributed by atoms with Gasteiger partial charge < -0.3 is 24.6 Å². The van der Waals surface area contributed by atoms with Crippen LogP contribution < -0.4 is 5.32 Å². The molecule has 0 bridgehead atoms. The van der Waals surface area contributed by atoms with Gasteiger partial charge in [0.25, 0.3) is 5.91 Å². The number of hydrogen-bond donors (Lipinski definition) is 2. The molecule has 0 unspecified atom stereocenters. The van der Waals surface area contributed by atoms with E-state index in [9.17, 15) is 9.90 Å². The molecule has 1 amide bonds. The SMILES string of the molecule is CCNC(=NCC(O)(CC)CC)N1CCN(C(=O)c2ccco2)CC1. The Hall–Kier alpha value is -2.02. The number of nitrogens with zero attached hydrogens (tertiary/aromatic N) is 3. The lowest BCUT2D eigenvalue weighted by atomic mass is 9.98. The normalized spacial score (nSPS) is 16.2. The third-order valence-electron chi connectivity index (χ3n) is 4.77. The number of aliphatic imine (C=N–C) groups is 1. The highest BCUT2D eigenvalue weighted by molar-refractivity contribution is 5.91. The molecule has 1 aliphatic rings. The second-order valence-electron chi connectivity index (χ2n) is 6.36. The van der Waals surface area contributed by atoms with Crippen LogP contribution in [0.1, 0.15) is 44.2 Å². The van der Waals surface area contributed by atoms with E-state index in [1.165, 1.54) is 6.26 Å². The van der Waals surface area contributed by atoms with Gasteiger partial charge in [0, 0.05) is 32.7 Å². The molecule has 2 heterocycles. The van der Waals surface area contributed by atoms with Gasteiger partial charge in [0.15, 0.2) is 11.7 Å². The number of carbonyl (C=O) groups is 1. The Morgan fingerprint density at radius 3 is 2.40 bits per heavy atom. The molecule has 2 rings (SSSR count). The van der Waals surface area contributed by atoms with Gasteiger partial charge in [-0.1, -0.05) is 13.8 Å². The highest BCUT2D eigenvalue weighted by Gasteiger charge is 2.26. The smallest absolute Gasteiger partial charge is 0.289 e. The van der Waals surface area contributed by atoms with E-state index in [4.69, 9.17) is 4.42 Å². The number of nitrogens with one attached hydrogen (secondary N) is 1. The molecule has 25 heavy (non-hydrogen) atoms. The molecule has 1 aliphatic heterocycles. The van der Waals surface area contributed by atoms with Crippen LogP contribution in [0.4, 0.5) is 0 Å². The summed E-state index contributed by atoms with van der Waals surface area (Å²) in [4.78, 5) is 20.9. The molecule has 0 aliphatic carbocycles. The van der Waals surface area contributed by atoms with Gasteiger partial charge in [0.2, 0.25) is 0 Å². The van der Waals surface area contributed by atoms with Crippen molar-refractivity contribution in [3.05, 3.63) is 24.2 Å². The van der Waals surface area contributed by atoms with Crippen molar-refractivity contribution in [3.8, 4) is 0 Å². The first-order valence-electron chi connectivity index (χ1n) is 9.11. The summed E-state index contributed by atoms with van der Waals surface area (Å²) in [6.45, 7) is 9.78. The van der Waals surface area contributed by atoms with Crippen LogP contribution in [-0.2, 0) is 0 Å². The molecule has 0 atom stereocenters. The van der Waals surface area contributed by atoms with Crippen LogP contribution in [0.2, 0.25) is 0 Å². The summed E-state index contributed by atoms with van der Waals surface area (Å²) < 4.78 is 5.19. The average molecular weight is 350 g/mol. The van der Waals surface area contributed by atoms with Crippen molar-refractivity contribution in [1.29, 1.82) is 0 Å². The molecule has 1 fully saturated rings. The van der Waals surface area contributed by atoms with E-state index in [1.807, 2.05) is 20.8 Å². The molecule has 7 heteroatoms. The number of aliphatic hydroxyl groups is 1. The van der Waals surface area contributed by atoms with Crippen molar-refractivity contribution >= 4 is 11.9 Å². The minimum atomic E-state index is -0.752. The molecule has 0 radical (unpaired) electrons. The molecule has 1 aromatic rings. The maximum atomic E-state index is 12.3. The Morgan fingerprint density at radius 2 is 1.88 bits per heavy atom. The average Bonchev–Trinajstić information content (AvgIpc) is 3.19. The number of rotatable bonds is 6. The fourth-order valence-corrected chi connectivity index (χ4v) is 2.80. The molecule has 140 valence electrons. The quantitative estimate of drug-likeness (QED) is 0.601. The number of furan rings is 1. The minimum absolute atomic E-state index is 0.0714. The summed E-state index contributed by atoms with van der Waals surface area (Å²) in [5.41, 5.74) is -0.752. The summed E-state index contributed by atoms with van der Waals surface area (Å²) in [7, 11) is 0. The molecule has 1 aromatic heterocycles. The van der Waals surface area contributed by atoms with Crippen molar-refractivity contribution in [1.82, 2.24) is 15.1 Å². The Bertz CT molecular complexity index is 559. The molecule has 7 nitrogen and oxygen atoms in total. The van der Waals surface area contributed by atoms with Gasteiger partial charge in [-0.05, 0) is 31.9 Å². The molecular formula is C18H30N4O3. The fraction of sp³-hybridized carbons (Fsp3) is 0.667. The minimum Gasteiger partial charge on any atom is -0.459 e. The highest BCUT2D eigenvalue weighted by Crippen LogP contribution is 2.15. The Balaban J connectivity index is 1.96. The largest absolute Gasteiger partial charge is 0.459 e. The highest BCUT2D eigenvalue weighted by atomic mass is 16.3. The molecule has 0 spiro atoms. The second kappa shape index (κ2) is 8.89. The van der Waals surface area contributed by atoms with E-state index in [-0.39, 0.29) is 5.91 Å². The van der Waals surface area contributed by atoms with E-state index in [0.29, 0.717) is 51.3 Å². The number of carbonyl (C=O) groups excluding carboxylic acids is 1. The Morgan fingerprint density at radius 1 is 1.24 bits per heavy atom. The Labute approximate surface area is 149 Å². The van der Waals surface area contributed by atoms with E-state index < -0.39 is 5.60 Å². The van der Waals surface area contributed by atoms with E-state index in [0.717, 1.165) is 12.5 Å². The zero-order chi connectivity index (χ0) is 18.3. The third-order valence-corrected chi connectivity index (χ3v) is 4.77. The van der Waals surface area contributed by atoms with Gasteiger partial charge in [0.05, 0.1) is 18.4 Å². The summed E-state index contributed by atoms with van der Waals surface area (Å²) in [6.07, 6.45) is 2.87. The van der Waals surface area contributed by atoms with Crippen LogP contribution in [0.5, 0.6) is 0 Å². The predicted molar refractivity (Wildman–Crippen MR) is 97.7 cm³/mol. The number of hydrogen-bond acceptors (Lipinski definition) is 4. The standard InChI is InChI=1S/C18H30N4O3/c1-4-18(24,5-2)14-20-17(19-6-3)22-11-9-21(10-12-22)16(23)15-8-7-13-25-15/h7-8,13,24H,4-6,9-12,14H2,1-3H3,(H,19,20). The van der Waals surface area contributed by atoms with Crippen LogP contribution >= 0.6 is 0 Å². The molecule has 0 aromatic carbocycles. The molecule has 0 saturated carbocycles. The summed E-state index contributed by atoms with van der Waals surface area (Å²) in [5, 5.41) is 13.7. The van der Waals surface area contributed by atoms with Crippen LogP contribution in [0.15, 0.2) is 27.8 Å². The first kappa shape index (κ1) is 19.3. The monoisotopic (exact) mass is 350 g/mol. The van der Waals surface area contributed by atoms with Crippen molar-refractivity contribution in [2.45, 2.75) is 39.2 Å².